The highest BCUT2D eigenvalue weighted by Gasteiger charge is 2.36. The van der Waals surface area contributed by atoms with Gasteiger partial charge in [-0.05, 0) is 18.6 Å². The minimum atomic E-state index is -3.04. The summed E-state index contributed by atoms with van der Waals surface area (Å²) in [5, 5.41) is 2.72. The van der Waals surface area contributed by atoms with Crippen LogP contribution in [-0.2, 0) is 14.6 Å². The molecule has 1 aliphatic heterocycles. The lowest BCUT2D eigenvalue weighted by Crippen LogP contribution is -2.40. The number of thiocarbonyl (C=S) groups is 1. The van der Waals surface area contributed by atoms with Gasteiger partial charge in [0.15, 0.2) is 9.84 Å². The average molecular weight is 356 g/mol. The Morgan fingerprint density at radius 2 is 1.81 bits per heavy atom. The van der Waals surface area contributed by atoms with Crippen molar-refractivity contribution in [2.75, 3.05) is 18.1 Å². The Morgan fingerprint density at radius 3 is 2.38 bits per heavy atom. The van der Waals surface area contributed by atoms with Crippen LogP contribution in [-0.4, -0.2) is 43.1 Å². The Morgan fingerprint density at radius 1 is 1.19 bits per heavy atom. The lowest BCUT2D eigenvalue weighted by Gasteiger charge is -2.16. The van der Waals surface area contributed by atoms with Crippen molar-refractivity contribution >= 4 is 38.8 Å². The molecule has 0 aliphatic carbocycles. The molecule has 0 saturated carbocycles. The molecule has 1 N–H and O–H groups in total. The summed E-state index contributed by atoms with van der Waals surface area (Å²) in [5.41, 5.74) is 0. The van der Waals surface area contributed by atoms with E-state index in [1.807, 2.05) is 0 Å². The molecule has 1 fully saturated rings. The van der Waals surface area contributed by atoms with Gasteiger partial charge in [0.05, 0.1) is 29.5 Å². The van der Waals surface area contributed by atoms with Crippen LogP contribution in [0, 0.1) is 0 Å². The summed E-state index contributed by atoms with van der Waals surface area (Å²) in [4.78, 5) is 0. The van der Waals surface area contributed by atoms with Gasteiger partial charge in [0.2, 0.25) is 0 Å². The van der Waals surface area contributed by atoms with Crippen LogP contribution in [0.5, 0.6) is 0 Å². The van der Waals surface area contributed by atoms with Gasteiger partial charge in [-0.2, -0.15) is 0 Å². The number of halogens is 1. The van der Waals surface area contributed by atoms with Crippen LogP contribution in [0.2, 0.25) is 0 Å². The molecule has 2 unspecified atom stereocenters. The average Bonchev–Trinajstić information content (AvgIpc) is 2.65. The zero-order chi connectivity index (χ0) is 15.7. The summed E-state index contributed by atoms with van der Waals surface area (Å²) < 4.78 is 28.3. The molecule has 124 valence electrons. The SMILES string of the molecule is CCCCCCCCCOC(=S)NC1CS(=O)(=O)CC1Cl. The first-order valence-corrected chi connectivity index (χ1v) is 10.4. The van der Waals surface area contributed by atoms with E-state index in [0.29, 0.717) is 6.61 Å². The van der Waals surface area contributed by atoms with Gasteiger partial charge in [-0.1, -0.05) is 45.4 Å². The van der Waals surface area contributed by atoms with E-state index in [1.54, 1.807) is 0 Å². The molecule has 7 heteroatoms. The van der Waals surface area contributed by atoms with E-state index in [9.17, 15) is 8.42 Å². The van der Waals surface area contributed by atoms with Crippen molar-refractivity contribution in [2.24, 2.45) is 0 Å². The van der Waals surface area contributed by atoms with Crippen molar-refractivity contribution in [3.05, 3.63) is 0 Å². The van der Waals surface area contributed by atoms with Gasteiger partial charge in [0.25, 0.3) is 5.17 Å². The Kier molecular flexibility index (Phi) is 8.90. The fraction of sp³-hybridized carbons (Fsp3) is 0.929. The van der Waals surface area contributed by atoms with Gasteiger partial charge in [-0.3, -0.25) is 0 Å². The van der Waals surface area contributed by atoms with Crippen molar-refractivity contribution in [3.63, 3.8) is 0 Å². The number of nitrogens with one attached hydrogen (secondary N) is 1. The Labute approximate surface area is 138 Å². The van der Waals surface area contributed by atoms with E-state index < -0.39 is 15.2 Å². The van der Waals surface area contributed by atoms with Crippen molar-refractivity contribution in [1.29, 1.82) is 0 Å². The summed E-state index contributed by atoms with van der Waals surface area (Å²) in [6.45, 7) is 2.79. The smallest absolute Gasteiger partial charge is 0.256 e. The zero-order valence-electron chi connectivity index (χ0n) is 12.6. The molecule has 0 bridgehead atoms. The largest absolute Gasteiger partial charge is 0.471 e. The first-order chi connectivity index (χ1) is 9.94. The van der Waals surface area contributed by atoms with Gasteiger partial charge >= 0.3 is 0 Å². The number of alkyl halides is 1. The first-order valence-electron chi connectivity index (χ1n) is 7.72. The van der Waals surface area contributed by atoms with Gasteiger partial charge in [-0.15, -0.1) is 11.6 Å². The molecule has 0 radical (unpaired) electrons. The van der Waals surface area contributed by atoms with Crippen LogP contribution >= 0.6 is 23.8 Å². The van der Waals surface area contributed by atoms with Gasteiger partial charge in [-0.25, -0.2) is 8.42 Å². The summed E-state index contributed by atoms with van der Waals surface area (Å²) in [6.07, 6.45) is 8.52. The highest BCUT2D eigenvalue weighted by Crippen LogP contribution is 2.18. The number of rotatable bonds is 9. The molecule has 1 rings (SSSR count). The topological polar surface area (TPSA) is 55.4 Å². The molecule has 2 atom stereocenters. The number of sulfone groups is 1. The molecule has 0 amide bonds. The summed E-state index contributed by atoms with van der Waals surface area (Å²) in [5.74, 6) is 0.0364. The molecule has 1 heterocycles. The highest BCUT2D eigenvalue weighted by atomic mass is 35.5. The van der Waals surface area contributed by atoms with Gasteiger partial charge < -0.3 is 10.1 Å². The van der Waals surface area contributed by atoms with Crippen molar-refractivity contribution in [1.82, 2.24) is 5.32 Å². The third-order valence-corrected chi connectivity index (χ3v) is 6.18. The molecule has 1 aliphatic rings. The third-order valence-electron chi connectivity index (χ3n) is 3.57. The van der Waals surface area contributed by atoms with Crippen LogP contribution < -0.4 is 5.32 Å². The van der Waals surface area contributed by atoms with Gasteiger partial charge in [0, 0.05) is 0 Å². The van der Waals surface area contributed by atoms with E-state index >= 15 is 0 Å². The predicted molar refractivity (Wildman–Crippen MR) is 91.8 cm³/mol. The number of unbranched alkanes of at least 4 members (excludes halogenated alkanes) is 6. The van der Waals surface area contributed by atoms with Crippen LogP contribution in [0.3, 0.4) is 0 Å². The second-order valence-electron chi connectivity index (χ2n) is 5.60. The number of hydrogen-bond donors (Lipinski definition) is 1. The van der Waals surface area contributed by atoms with Crippen LogP contribution in [0.4, 0.5) is 0 Å². The maximum absolute atomic E-state index is 11.4. The maximum atomic E-state index is 11.4. The fourth-order valence-electron chi connectivity index (χ4n) is 2.35. The minimum Gasteiger partial charge on any atom is -0.471 e. The van der Waals surface area contributed by atoms with E-state index in [-0.39, 0.29) is 22.7 Å². The van der Waals surface area contributed by atoms with E-state index in [1.165, 1.54) is 32.1 Å². The molecule has 4 nitrogen and oxygen atoms in total. The second-order valence-corrected chi connectivity index (χ2v) is 8.69. The van der Waals surface area contributed by atoms with Crippen molar-refractivity contribution in [3.8, 4) is 0 Å². The minimum absolute atomic E-state index is 0.00654. The molecule has 0 aromatic heterocycles. The molecule has 1 saturated heterocycles. The normalized spacial score (nSPS) is 23.9. The van der Waals surface area contributed by atoms with E-state index in [4.69, 9.17) is 28.6 Å². The fourth-order valence-corrected chi connectivity index (χ4v) is 5.14. The second kappa shape index (κ2) is 9.85. The zero-order valence-corrected chi connectivity index (χ0v) is 15.0. The lowest BCUT2D eigenvalue weighted by molar-refractivity contribution is 0.283. The molecule has 0 aromatic carbocycles. The monoisotopic (exact) mass is 355 g/mol. The van der Waals surface area contributed by atoms with Crippen LogP contribution in [0.25, 0.3) is 0 Å². The molecule has 0 spiro atoms. The van der Waals surface area contributed by atoms with Crippen LogP contribution in [0.15, 0.2) is 0 Å². The van der Waals surface area contributed by atoms with Gasteiger partial charge in [0.1, 0.15) is 0 Å². The maximum Gasteiger partial charge on any atom is 0.256 e. The van der Waals surface area contributed by atoms with E-state index in [0.717, 1.165) is 12.8 Å². The standard InChI is InChI=1S/C14H26ClNO3S2/c1-2-3-4-5-6-7-8-9-19-14(20)16-13-11-21(17,18)10-12(13)15/h12-13H,2-11H2,1H3,(H,16,20). The molecular formula is C14H26ClNO3S2. The van der Waals surface area contributed by atoms with Crippen molar-refractivity contribution < 1.29 is 13.2 Å². The summed E-state index contributed by atoms with van der Waals surface area (Å²) in [6, 6.07) is -0.335. The lowest BCUT2D eigenvalue weighted by atomic mass is 10.1. The number of hydrogen-bond acceptors (Lipinski definition) is 4. The quantitative estimate of drug-likeness (QED) is 0.391. The Bertz CT molecular complexity index is 414. The third kappa shape index (κ3) is 8.21. The van der Waals surface area contributed by atoms with Crippen LogP contribution in [0.1, 0.15) is 51.9 Å². The Hall–Kier alpha value is -0.0700. The van der Waals surface area contributed by atoms with E-state index in [2.05, 4.69) is 12.2 Å². The molecular weight excluding hydrogens is 330 g/mol. The summed E-state index contributed by atoms with van der Waals surface area (Å²) >= 11 is 11.1. The van der Waals surface area contributed by atoms with Crippen molar-refractivity contribution in [2.45, 2.75) is 63.3 Å². The highest BCUT2D eigenvalue weighted by molar-refractivity contribution is 7.91. The summed E-state index contributed by atoms with van der Waals surface area (Å²) in [7, 11) is -3.04. The number of ether oxygens (including phenoxy) is 1. The predicted octanol–water partition coefficient (Wildman–Crippen LogP) is 3.03. The Balaban J connectivity index is 2.04. The molecule has 21 heavy (non-hydrogen) atoms. The first kappa shape index (κ1) is 19.0. The molecule has 0 aromatic rings.